The number of fused-ring (bicyclic) bond motifs is 1. The molecule has 0 aliphatic carbocycles. The predicted molar refractivity (Wildman–Crippen MR) is 147 cm³/mol. The molecule has 0 atom stereocenters. The van der Waals surface area contributed by atoms with Crippen LogP contribution in [0.2, 0.25) is 0 Å². The summed E-state index contributed by atoms with van der Waals surface area (Å²) in [5.74, 6) is 0.935. The van der Waals surface area contributed by atoms with Gasteiger partial charge in [-0.1, -0.05) is 60.2 Å². The first-order chi connectivity index (χ1) is 17.6. The topological polar surface area (TPSA) is 50.6 Å². The van der Waals surface area contributed by atoms with E-state index in [4.69, 9.17) is 9.84 Å². The van der Waals surface area contributed by atoms with Crippen molar-refractivity contribution in [2.45, 2.75) is 26.3 Å². The van der Waals surface area contributed by atoms with Gasteiger partial charge in [0.15, 0.2) is 0 Å². The van der Waals surface area contributed by atoms with Gasteiger partial charge in [0.1, 0.15) is 5.75 Å². The van der Waals surface area contributed by atoms with Crippen molar-refractivity contribution in [3.8, 4) is 17.0 Å². The molecule has 0 N–H and O–H groups in total. The Morgan fingerprint density at radius 3 is 2.22 bits per heavy atom. The molecule has 4 aromatic rings. The van der Waals surface area contributed by atoms with E-state index in [0.29, 0.717) is 6.54 Å². The number of nitrogens with zero attached hydrogens (tertiary/aromatic N) is 4. The van der Waals surface area contributed by atoms with Crippen LogP contribution in [0.3, 0.4) is 0 Å². The number of piperazine rings is 1. The fourth-order valence-corrected chi connectivity index (χ4v) is 5.01. The maximum Gasteiger partial charge on any atom is 0.274 e. The van der Waals surface area contributed by atoms with Crippen LogP contribution in [0.4, 0.5) is 5.69 Å². The second kappa shape index (κ2) is 11.0. The van der Waals surface area contributed by atoms with Crippen LogP contribution in [0.25, 0.3) is 22.0 Å². The minimum absolute atomic E-state index is 0.00751. The lowest BCUT2D eigenvalue weighted by molar-refractivity contribution is 0.250. The Bertz CT molecular complexity index is 1370. The van der Waals surface area contributed by atoms with Crippen molar-refractivity contribution in [2.75, 3.05) is 44.7 Å². The Morgan fingerprint density at radius 2 is 1.47 bits per heavy atom. The van der Waals surface area contributed by atoms with Crippen LogP contribution < -0.4 is 15.2 Å². The fraction of sp³-hybridized carbons (Fsp3) is 0.333. The minimum atomic E-state index is -0.00751. The van der Waals surface area contributed by atoms with Crippen LogP contribution in [-0.4, -0.2) is 54.5 Å². The number of ether oxygens (including phenoxy) is 1. The summed E-state index contributed by atoms with van der Waals surface area (Å²) < 4.78 is 7.20. The standard InChI is InChI=1S/C30H34N4O2/c1-23-13-15-24(16-14-23)29-25-9-3-4-10-26(25)30(35)34(31-29)18-8-7-17-32-19-21-33(22-20-32)27-11-5-6-12-28(27)36-2/h3-6,9-16H,7-8,17-22H2,1-2H3. The summed E-state index contributed by atoms with van der Waals surface area (Å²) in [6, 6.07) is 24.4. The Hall–Kier alpha value is -3.64. The van der Waals surface area contributed by atoms with E-state index in [0.717, 1.165) is 73.3 Å². The quantitative estimate of drug-likeness (QED) is 0.332. The zero-order valence-electron chi connectivity index (χ0n) is 21.2. The molecule has 1 saturated heterocycles. The van der Waals surface area contributed by atoms with Crippen LogP contribution in [0.1, 0.15) is 18.4 Å². The van der Waals surface area contributed by atoms with Gasteiger partial charge < -0.3 is 9.64 Å². The van der Waals surface area contributed by atoms with Crippen molar-refractivity contribution in [1.82, 2.24) is 14.7 Å². The molecule has 0 bridgehead atoms. The van der Waals surface area contributed by atoms with Crippen LogP contribution >= 0.6 is 0 Å². The molecule has 1 aliphatic rings. The first-order valence-electron chi connectivity index (χ1n) is 12.8. The maximum absolute atomic E-state index is 13.2. The molecule has 0 saturated carbocycles. The van der Waals surface area contributed by atoms with E-state index >= 15 is 0 Å². The summed E-state index contributed by atoms with van der Waals surface area (Å²) in [7, 11) is 1.73. The summed E-state index contributed by atoms with van der Waals surface area (Å²) in [5, 5.41) is 6.46. The molecule has 0 radical (unpaired) electrons. The Kier molecular flexibility index (Phi) is 7.33. The highest BCUT2D eigenvalue weighted by Gasteiger charge is 2.19. The van der Waals surface area contributed by atoms with E-state index in [9.17, 15) is 4.79 Å². The van der Waals surface area contributed by atoms with Crippen molar-refractivity contribution in [2.24, 2.45) is 0 Å². The van der Waals surface area contributed by atoms with Crippen molar-refractivity contribution >= 4 is 16.5 Å². The third-order valence-corrected chi connectivity index (χ3v) is 7.09. The van der Waals surface area contributed by atoms with Crippen molar-refractivity contribution < 1.29 is 4.74 Å². The summed E-state index contributed by atoms with van der Waals surface area (Å²) >= 11 is 0. The average molecular weight is 483 g/mol. The number of hydrogen-bond donors (Lipinski definition) is 0. The van der Waals surface area contributed by atoms with Crippen LogP contribution in [-0.2, 0) is 6.54 Å². The maximum atomic E-state index is 13.2. The second-order valence-corrected chi connectivity index (χ2v) is 9.50. The number of benzene rings is 3. The molecule has 0 unspecified atom stereocenters. The molecule has 1 aromatic heterocycles. The smallest absolute Gasteiger partial charge is 0.274 e. The lowest BCUT2D eigenvalue weighted by atomic mass is 10.0. The number of aryl methyl sites for hydroxylation is 2. The fourth-order valence-electron chi connectivity index (χ4n) is 5.01. The molecule has 36 heavy (non-hydrogen) atoms. The summed E-state index contributed by atoms with van der Waals surface area (Å²) in [6.07, 6.45) is 1.96. The molecule has 5 rings (SSSR count). The van der Waals surface area contributed by atoms with Gasteiger partial charge in [-0.3, -0.25) is 9.69 Å². The lowest BCUT2D eigenvalue weighted by Gasteiger charge is -2.36. The van der Waals surface area contributed by atoms with Crippen LogP contribution in [0.15, 0.2) is 77.6 Å². The minimum Gasteiger partial charge on any atom is -0.495 e. The molecule has 6 heteroatoms. The summed E-state index contributed by atoms with van der Waals surface area (Å²) in [6.45, 7) is 7.79. The van der Waals surface area contributed by atoms with Gasteiger partial charge in [0.2, 0.25) is 0 Å². The number of unbranched alkanes of at least 4 members (excludes halogenated alkanes) is 1. The first kappa shape index (κ1) is 24.1. The third-order valence-electron chi connectivity index (χ3n) is 7.09. The van der Waals surface area contributed by atoms with Gasteiger partial charge in [-0.25, -0.2) is 4.68 Å². The van der Waals surface area contributed by atoms with E-state index in [-0.39, 0.29) is 5.56 Å². The Balaban J connectivity index is 1.21. The number of aromatic nitrogens is 2. The summed E-state index contributed by atoms with van der Waals surface area (Å²) in [4.78, 5) is 18.1. The normalized spacial score (nSPS) is 14.3. The van der Waals surface area contributed by atoms with Gasteiger partial charge in [0.05, 0.1) is 23.9 Å². The predicted octanol–water partition coefficient (Wildman–Crippen LogP) is 4.98. The van der Waals surface area contributed by atoms with Crippen molar-refractivity contribution in [3.05, 3.63) is 88.7 Å². The number of methoxy groups -OCH3 is 1. The number of rotatable bonds is 8. The lowest BCUT2D eigenvalue weighted by Crippen LogP contribution is -2.46. The molecule has 3 aromatic carbocycles. The average Bonchev–Trinajstić information content (AvgIpc) is 2.93. The molecular weight excluding hydrogens is 448 g/mol. The number of hydrogen-bond acceptors (Lipinski definition) is 5. The van der Waals surface area contributed by atoms with Gasteiger partial charge in [-0.2, -0.15) is 5.10 Å². The highest BCUT2D eigenvalue weighted by molar-refractivity contribution is 5.93. The molecule has 2 heterocycles. The number of para-hydroxylation sites is 2. The van der Waals surface area contributed by atoms with Crippen molar-refractivity contribution in [1.29, 1.82) is 0 Å². The molecular formula is C30H34N4O2. The van der Waals surface area contributed by atoms with Crippen LogP contribution in [0.5, 0.6) is 5.75 Å². The Morgan fingerprint density at radius 1 is 0.806 bits per heavy atom. The third kappa shape index (κ3) is 5.14. The van der Waals surface area contributed by atoms with E-state index in [1.54, 1.807) is 11.8 Å². The van der Waals surface area contributed by atoms with Crippen molar-refractivity contribution in [3.63, 3.8) is 0 Å². The monoisotopic (exact) mass is 482 g/mol. The zero-order valence-corrected chi connectivity index (χ0v) is 21.2. The molecule has 1 aliphatic heterocycles. The van der Waals surface area contributed by atoms with Crippen LogP contribution in [0, 0.1) is 6.92 Å². The second-order valence-electron chi connectivity index (χ2n) is 9.50. The molecule has 0 amide bonds. The first-order valence-corrected chi connectivity index (χ1v) is 12.8. The highest BCUT2D eigenvalue weighted by Crippen LogP contribution is 2.28. The van der Waals surface area contributed by atoms with Gasteiger partial charge in [0.25, 0.3) is 5.56 Å². The highest BCUT2D eigenvalue weighted by atomic mass is 16.5. The van der Waals surface area contributed by atoms with E-state index in [1.165, 1.54) is 11.3 Å². The Labute approximate surface area is 212 Å². The molecule has 186 valence electrons. The zero-order chi connectivity index (χ0) is 24.9. The number of anilines is 1. The van der Waals surface area contributed by atoms with Gasteiger partial charge in [-0.05, 0) is 44.5 Å². The van der Waals surface area contributed by atoms with E-state index in [2.05, 4.69) is 53.1 Å². The van der Waals surface area contributed by atoms with Gasteiger partial charge in [-0.15, -0.1) is 0 Å². The van der Waals surface area contributed by atoms with E-state index in [1.807, 2.05) is 36.4 Å². The molecule has 6 nitrogen and oxygen atoms in total. The largest absolute Gasteiger partial charge is 0.495 e. The summed E-state index contributed by atoms with van der Waals surface area (Å²) in [5.41, 5.74) is 4.29. The SMILES string of the molecule is COc1ccccc1N1CCN(CCCCn2nc(-c3ccc(C)cc3)c3ccccc3c2=O)CC1. The van der Waals surface area contributed by atoms with Gasteiger partial charge in [0, 0.05) is 43.7 Å². The molecule has 0 spiro atoms. The molecule has 1 fully saturated rings. The van der Waals surface area contributed by atoms with Gasteiger partial charge >= 0.3 is 0 Å². The van der Waals surface area contributed by atoms with E-state index < -0.39 is 0 Å².